The van der Waals surface area contributed by atoms with Crippen LogP contribution in [-0.4, -0.2) is 12.6 Å². The minimum absolute atomic E-state index is 0.226. The fourth-order valence-electron chi connectivity index (χ4n) is 5.10. The van der Waals surface area contributed by atoms with Gasteiger partial charge in [-0.1, -0.05) is 30.7 Å². The van der Waals surface area contributed by atoms with Crippen LogP contribution in [0.1, 0.15) is 55.8 Å². The van der Waals surface area contributed by atoms with Crippen molar-refractivity contribution in [3.05, 3.63) is 35.4 Å². The van der Waals surface area contributed by atoms with Gasteiger partial charge in [0.25, 0.3) is 0 Å². The fourth-order valence-corrected chi connectivity index (χ4v) is 5.10. The van der Waals surface area contributed by atoms with E-state index in [2.05, 4.69) is 24.3 Å². The molecule has 1 aromatic carbocycles. The standard InChI is InChI=1S/C19H27NO/c20-17(11-16-10-13-5-6-15(16)9-13)12-19-18-4-2-1-3-14(18)7-8-21-19/h1-4,13,15-17,19H,5-12,20H2. The van der Waals surface area contributed by atoms with Gasteiger partial charge in [0.2, 0.25) is 0 Å². The first kappa shape index (κ1) is 13.8. The first-order valence-electron chi connectivity index (χ1n) is 8.74. The molecule has 2 heteroatoms. The number of nitrogens with two attached hydrogens (primary N) is 1. The zero-order valence-corrected chi connectivity index (χ0v) is 12.8. The van der Waals surface area contributed by atoms with Gasteiger partial charge in [-0.25, -0.2) is 0 Å². The Kier molecular flexibility index (Phi) is 3.76. The molecule has 1 aromatic rings. The molecular formula is C19H27NO. The van der Waals surface area contributed by atoms with E-state index in [4.69, 9.17) is 10.5 Å². The molecule has 114 valence electrons. The quantitative estimate of drug-likeness (QED) is 0.912. The minimum Gasteiger partial charge on any atom is -0.373 e. The summed E-state index contributed by atoms with van der Waals surface area (Å²) in [4.78, 5) is 0. The molecule has 21 heavy (non-hydrogen) atoms. The summed E-state index contributed by atoms with van der Waals surface area (Å²) >= 11 is 0. The van der Waals surface area contributed by atoms with Crippen LogP contribution in [0.2, 0.25) is 0 Å². The third-order valence-electron chi connectivity index (χ3n) is 6.10. The summed E-state index contributed by atoms with van der Waals surface area (Å²) in [5.74, 6) is 2.91. The van der Waals surface area contributed by atoms with E-state index in [1.807, 2.05) is 0 Å². The molecule has 2 bridgehead atoms. The minimum atomic E-state index is 0.226. The van der Waals surface area contributed by atoms with Gasteiger partial charge in [-0.2, -0.15) is 0 Å². The molecule has 0 radical (unpaired) electrons. The van der Waals surface area contributed by atoms with E-state index in [-0.39, 0.29) is 6.10 Å². The molecule has 2 aliphatic carbocycles. The monoisotopic (exact) mass is 285 g/mol. The molecule has 5 unspecified atom stereocenters. The number of benzene rings is 1. The van der Waals surface area contributed by atoms with Gasteiger partial charge in [0, 0.05) is 6.04 Å². The Morgan fingerprint density at radius 2 is 2.05 bits per heavy atom. The molecule has 0 saturated heterocycles. The topological polar surface area (TPSA) is 35.2 Å². The largest absolute Gasteiger partial charge is 0.373 e. The number of rotatable bonds is 4. The van der Waals surface area contributed by atoms with Crippen LogP contribution in [0, 0.1) is 17.8 Å². The van der Waals surface area contributed by atoms with Crippen LogP contribution >= 0.6 is 0 Å². The van der Waals surface area contributed by atoms with Gasteiger partial charge in [0.1, 0.15) is 0 Å². The van der Waals surface area contributed by atoms with Crippen molar-refractivity contribution in [2.45, 2.75) is 57.1 Å². The lowest BCUT2D eigenvalue weighted by molar-refractivity contribution is 0.0299. The average Bonchev–Trinajstić information content (AvgIpc) is 3.10. The van der Waals surface area contributed by atoms with Crippen LogP contribution < -0.4 is 5.73 Å². The molecule has 1 aliphatic heterocycles. The molecule has 2 saturated carbocycles. The van der Waals surface area contributed by atoms with Crippen LogP contribution in [0.3, 0.4) is 0 Å². The van der Waals surface area contributed by atoms with Crippen molar-refractivity contribution >= 4 is 0 Å². The summed E-state index contributed by atoms with van der Waals surface area (Å²) in [6, 6.07) is 9.03. The van der Waals surface area contributed by atoms with Crippen molar-refractivity contribution < 1.29 is 4.74 Å². The summed E-state index contributed by atoms with van der Waals surface area (Å²) < 4.78 is 6.02. The first-order chi connectivity index (χ1) is 10.3. The van der Waals surface area contributed by atoms with Gasteiger partial charge in [0.15, 0.2) is 0 Å². The van der Waals surface area contributed by atoms with Crippen molar-refractivity contribution in [3.63, 3.8) is 0 Å². The summed E-state index contributed by atoms with van der Waals surface area (Å²) in [6.45, 7) is 0.850. The molecule has 0 amide bonds. The molecule has 5 atom stereocenters. The fraction of sp³-hybridized carbons (Fsp3) is 0.684. The van der Waals surface area contributed by atoms with Crippen molar-refractivity contribution in [3.8, 4) is 0 Å². The molecule has 1 heterocycles. The number of hydrogen-bond donors (Lipinski definition) is 1. The van der Waals surface area contributed by atoms with Gasteiger partial charge in [-0.15, -0.1) is 0 Å². The summed E-state index contributed by atoms with van der Waals surface area (Å²) in [7, 11) is 0. The smallest absolute Gasteiger partial charge is 0.0842 e. The van der Waals surface area contributed by atoms with E-state index < -0.39 is 0 Å². The zero-order chi connectivity index (χ0) is 14.2. The lowest BCUT2D eigenvalue weighted by atomic mass is 9.82. The van der Waals surface area contributed by atoms with E-state index in [1.54, 1.807) is 0 Å². The third-order valence-corrected chi connectivity index (χ3v) is 6.10. The Morgan fingerprint density at radius 1 is 1.14 bits per heavy atom. The highest BCUT2D eigenvalue weighted by Crippen LogP contribution is 2.50. The zero-order valence-electron chi connectivity index (χ0n) is 12.8. The Balaban J connectivity index is 1.38. The molecule has 2 nitrogen and oxygen atoms in total. The van der Waals surface area contributed by atoms with Gasteiger partial charge in [0.05, 0.1) is 12.7 Å². The van der Waals surface area contributed by atoms with Crippen LogP contribution in [-0.2, 0) is 11.2 Å². The molecule has 0 spiro atoms. The Morgan fingerprint density at radius 3 is 2.86 bits per heavy atom. The maximum Gasteiger partial charge on any atom is 0.0842 e. The highest BCUT2D eigenvalue weighted by atomic mass is 16.5. The maximum absolute atomic E-state index is 6.49. The highest BCUT2D eigenvalue weighted by molar-refractivity contribution is 5.31. The van der Waals surface area contributed by atoms with Crippen molar-refractivity contribution in [2.24, 2.45) is 23.5 Å². The lowest BCUT2D eigenvalue weighted by Crippen LogP contribution is -2.30. The van der Waals surface area contributed by atoms with Gasteiger partial charge >= 0.3 is 0 Å². The van der Waals surface area contributed by atoms with E-state index in [0.717, 1.165) is 37.2 Å². The van der Waals surface area contributed by atoms with E-state index >= 15 is 0 Å². The molecule has 2 N–H and O–H groups in total. The molecule has 0 aromatic heterocycles. The Hall–Kier alpha value is -0.860. The number of hydrogen-bond acceptors (Lipinski definition) is 2. The van der Waals surface area contributed by atoms with Crippen molar-refractivity contribution in [1.82, 2.24) is 0 Å². The highest BCUT2D eigenvalue weighted by Gasteiger charge is 2.40. The molecule has 3 aliphatic rings. The summed E-state index contributed by atoms with van der Waals surface area (Å²) in [5.41, 5.74) is 9.33. The van der Waals surface area contributed by atoms with Crippen LogP contribution in [0.25, 0.3) is 0 Å². The maximum atomic E-state index is 6.49. The van der Waals surface area contributed by atoms with Gasteiger partial charge < -0.3 is 10.5 Å². The Labute approximate surface area is 128 Å². The second kappa shape index (κ2) is 5.73. The summed E-state index contributed by atoms with van der Waals surface area (Å²) in [6.07, 6.45) is 9.35. The Bertz CT molecular complexity index is 500. The predicted octanol–water partition coefficient (Wildman–Crippen LogP) is 3.84. The second-order valence-corrected chi connectivity index (χ2v) is 7.47. The van der Waals surface area contributed by atoms with E-state index in [0.29, 0.717) is 6.04 Å². The van der Waals surface area contributed by atoms with Crippen molar-refractivity contribution in [2.75, 3.05) is 6.61 Å². The number of ether oxygens (including phenoxy) is 1. The molecule has 4 rings (SSSR count). The molecular weight excluding hydrogens is 258 g/mol. The van der Waals surface area contributed by atoms with Crippen LogP contribution in [0.4, 0.5) is 0 Å². The normalized spacial score (nSPS) is 35.7. The number of fused-ring (bicyclic) bond motifs is 3. The van der Waals surface area contributed by atoms with E-state index in [1.165, 1.54) is 43.2 Å². The van der Waals surface area contributed by atoms with Gasteiger partial charge in [-0.05, 0) is 67.4 Å². The summed E-state index contributed by atoms with van der Waals surface area (Å²) in [5, 5.41) is 0. The van der Waals surface area contributed by atoms with Crippen LogP contribution in [0.15, 0.2) is 24.3 Å². The molecule has 2 fully saturated rings. The van der Waals surface area contributed by atoms with Crippen LogP contribution in [0.5, 0.6) is 0 Å². The van der Waals surface area contributed by atoms with Crippen molar-refractivity contribution in [1.29, 1.82) is 0 Å². The van der Waals surface area contributed by atoms with Gasteiger partial charge in [-0.3, -0.25) is 0 Å². The average molecular weight is 285 g/mol. The SMILES string of the molecule is NC(CC1OCCc2ccccc21)CC1CC2CCC1C2. The predicted molar refractivity (Wildman–Crippen MR) is 85.0 cm³/mol. The van der Waals surface area contributed by atoms with E-state index in [9.17, 15) is 0 Å². The first-order valence-corrected chi connectivity index (χ1v) is 8.74. The second-order valence-electron chi connectivity index (χ2n) is 7.47. The lowest BCUT2D eigenvalue weighted by Gasteiger charge is -2.30. The third kappa shape index (κ3) is 2.76.